The van der Waals surface area contributed by atoms with Crippen LogP contribution in [0.4, 0.5) is 0 Å². The molecule has 0 radical (unpaired) electrons. The average Bonchev–Trinajstić information content (AvgIpc) is 2.28. The lowest BCUT2D eigenvalue weighted by Crippen LogP contribution is -2.45. The summed E-state index contributed by atoms with van der Waals surface area (Å²) >= 11 is 6.92. The van der Waals surface area contributed by atoms with E-state index in [0.717, 1.165) is 40.3 Å². The minimum absolute atomic E-state index is 0.148. The van der Waals surface area contributed by atoms with Crippen molar-refractivity contribution in [3.63, 3.8) is 0 Å². The number of alkyl halides is 1. The van der Waals surface area contributed by atoms with Crippen LogP contribution in [0.3, 0.4) is 0 Å². The summed E-state index contributed by atoms with van der Waals surface area (Å²) in [5, 5.41) is 0.832. The maximum atomic E-state index is 12.6. The second-order valence-corrected chi connectivity index (χ2v) is 6.40. The second-order valence-electron chi connectivity index (χ2n) is 4.76. The summed E-state index contributed by atoms with van der Waals surface area (Å²) in [6.07, 6.45) is 3.52. The Morgan fingerprint density at radius 1 is 1.44 bits per heavy atom. The molecule has 0 atom stereocenters. The SMILES string of the molecule is Cc1ccc(Br)c(C(=O)N(CCBr)C2CCC2)c1. The number of benzene rings is 1. The maximum absolute atomic E-state index is 12.6. The molecule has 98 valence electrons. The number of rotatable bonds is 4. The van der Waals surface area contributed by atoms with Gasteiger partial charge in [0.25, 0.3) is 5.91 Å². The predicted molar refractivity (Wildman–Crippen MR) is 81.3 cm³/mol. The normalized spacial score (nSPS) is 15.3. The lowest BCUT2D eigenvalue weighted by atomic mass is 9.91. The first kappa shape index (κ1) is 14.1. The van der Waals surface area contributed by atoms with Crippen LogP contribution in [0.25, 0.3) is 0 Å². The minimum Gasteiger partial charge on any atom is -0.335 e. The van der Waals surface area contributed by atoms with E-state index >= 15 is 0 Å². The summed E-state index contributed by atoms with van der Waals surface area (Å²) in [5.41, 5.74) is 1.90. The smallest absolute Gasteiger partial charge is 0.255 e. The van der Waals surface area contributed by atoms with Gasteiger partial charge in [-0.05, 0) is 54.2 Å². The number of carbonyl (C=O) groups excluding carboxylic acids is 1. The molecule has 0 aromatic heterocycles. The van der Waals surface area contributed by atoms with Crippen molar-refractivity contribution in [2.24, 2.45) is 0 Å². The third kappa shape index (κ3) is 2.97. The van der Waals surface area contributed by atoms with Crippen molar-refractivity contribution in [2.45, 2.75) is 32.2 Å². The number of nitrogens with zero attached hydrogens (tertiary/aromatic N) is 1. The molecule has 18 heavy (non-hydrogen) atoms. The van der Waals surface area contributed by atoms with Gasteiger partial charge in [0.15, 0.2) is 0 Å². The van der Waals surface area contributed by atoms with Gasteiger partial charge in [0.2, 0.25) is 0 Å². The van der Waals surface area contributed by atoms with Crippen LogP contribution < -0.4 is 0 Å². The summed E-state index contributed by atoms with van der Waals surface area (Å²) in [5.74, 6) is 0.148. The molecule has 0 heterocycles. The Morgan fingerprint density at radius 2 is 2.17 bits per heavy atom. The van der Waals surface area contributed by atoms with E-state index in [2.05, 4.69) is 31.9 Å². The predicted octanol–water partition coefficient (Wildman–Crippen LogP) is 4.15. The molecule has 2 rings (SSSR count). The first-order valence-electron chi connectivity index (χ1n) is 6.26. The molecule has 1 fully saturated rings. The largest absolute Gasteiger partial charge is 0.335 e. The number of hydrogen-bond donors (Lipinski definition) is 0. The van der Waals surface area contributed by atoms with E-state index < -0.39 is 0 Å². The molecule has 0 aliphatic heterocycles. The average molecular weight is 375 g/mol. The summed E-state index contributed by atoms with van der Waals surface area (Å²) in [6.45, 7) is 2.80. The van der Waals surface area contributed by atoms with Gasteiger partial charge in [0.05, 0.1) is 5.56 Å². The molecular weight excluding hydrogens is 358 g/mol. The fourth-order valence-electron chi connectivity index (χ4n) is 2.20. The van der Waals surface area contributed by atoms with Crippen molar-refractivity contribution >= 4 is 37.8 Å². The summed E-state index contributed by atoms with van der Waals surface area (Å²) < 4.78 is 0.886. The summed E-state index contributed by atoms with van der Waals surface area (Å²) in [7, 11) is 0. The van der Waals surface area contributed by atoms with Crippen molar-refractivity contribution in [1.29, 1.82) is 0 Å². The van der Waals surface area contributed by atoms with E-state index in [0.29, 0.717) is 6.04 Å². The van der Waals surface area contributed by atoms with Crippen LogP contribution in [-0.4, -0.2) is 28.7 Å². The van der Waals surface area contributed by atoms with Crippen LogP contribution in [0.5, 0.6) is 0 Å². The number of hydrogen-bond acceptors (Lipinski definition) is 1. The Labute approximate surface area is 125 Å². The van der Waals surface area contributed by atoms with Gasteiger partial charge in [-0.25, -0.2) is 0 Å². The molecule has 1 saturated carbocycles. The van der Waals surface area contributed by atoms with Crippen LogP contribution >= 0.6 is 31.9 Å². The van der Waals surface area contributed by atoms with Crippen LogP contribution in [-0.2, 0) is 0 Å². The zero-order chi connectivity index (χ0) is 13.1. The summed E-state index contributed by atoms with van der Waals surface area (Å²) in [4.78, 5) is 14.6. The lowest BCUT2D eigenvalue weighted by molar-refractivity contribution is 0.0598. The summed E-state index contributed by atoms with van der Waals surface area (Å²) in [6, 6.07) is 6.36. The molecule has 1 aromatic carbocycles. The third-order valence-corrected chi connectivity index (χ3v) is 4.50. The topological polar surface area (TPSA) is 20.3 Å². The van der Waals surface area contributed by atoms with Crippen molar-refractivity contribution in [3.8, 4) is 0 Å². The number of amides is 1. The number of aryl methyl sites for hydroxylation is 1. The molecule has 0 bridgehead atoms. The lowest BCUT2D eigenvalue weighted by Gasteiger charge is -2.37. The van der Waals surface area contributed by atoms with E-state index in [9.17, 15) is 4.79 Å². The van der Waals surface area contributed by atoms with Gasteiger partial charge >= 0.3 is 0 Å². The van der Waals surface area contributed by atoms with Crippen molar-refractivity contribution < 1.29 is 4.79 Å². The molecule has 0 N–H and O–H groups in total. The molecule has 1 aliphatic rings. The highest BCUT2D eigenvalue weighted by Crippen LogP contribution is 2.28. The van der Waals surface area contributed by atoms with Gasteiger partial charge in [-0.3, -0.25) is 4.79 Å². The maximum Gasteiger partial charge on any atom is 0.255 e. The fraction of sp³-hybridized carbons (Fsp3) is 0.500. The highest BCUT2D eigenvalue weighted by molar-refractivity contribution is 9.10. The molecule has 0 unspecified atom stereocenters. The Bertz CT molecular complexity index is 443. The minimum atomic E-state index is 0.148. The second kappa shape index (κ2) is 6.20. The highest BCUT2D eigenvalue weighted by Gasteiger charge is 2.29. The quantitative estimate of drug-likeness (QED) is 0.725. The molecule has 1 aliphatic carbocycles. The van der Waals surface area contributed by atoms with Crippen LogP contribution in [0.15, 0.2) is 22.7 Å². The molecule has 0 spiro atoms. The molecule has 4 heteroatoms. The monoisotopic (exact) mass is 373 g/mol. The third-order valence-electron chi connectivity index (χ3n) is 3.45. The van der Waals surface area contributed by atoms with Gasteiger partial charge in [0, 0.05) is 22.4 Å². The van der Waals surface area contributed by atoms with E-state index in [-0.39, 0.29) is 5.91 Å². The van der Waals surface area contributed by atoms with E-state index in [4.69, 9.17) is 0 Å². The Morgan fingerprint density at radius 3 is 2.72 bits per heavy atom. The molecular formula is C14H17Br2NO. The number of halogens is 2. The number of carbonyl (C=O) groups is 1. The van der Waals surface area contributed by atoms with E-state index in [1.54, 1.807) is 0 Å². The first-order valence-corrected chi connectivity index (χ1v) is 8.18. The molecule has 2 nitrogen and oxygen atoms in total. The standard InChI is InChI=1S/C14H17Br2NO/c1-10-5-6-13(16)12(9-10)14(18)17(8-7-15)11-3-2-4-11/h5-6,9,11H,2-4,7-8H2,1H3. The van der Waals surface area contributed by atoms with E-state index in [1.807, 2.05) is 30.0 Å². The van der Waals surface area contributed by atoms with Crippen molar-refractivity contribution in [2.75, 3.05) is 11.9 Å². The highest BCUT2D eigenvalue weighted by atomic mass is 79.9. The van der Waals surface area contributed by atoms with Gasteiger partial charge < -0.3 is 4.90 Å². The van der Waals surface area contributed by atoms with Gasteiger partial charge in [-0.15, -0.1) is 0 Å². The van der Waals surface area contributed by atoms with Crippen LogP contribution in [0.2, 0.25) is 0 Å². The molecule has 1 aromatic rings. The van der Waals surface area contributed by atoms with Crippen molar-refractivity contribution in [1.82, 2.24) is 4.90 Å². The molecule has 0 saturated heterocycles. The zero-order valence-corrected chi connectivity index (χ0v) is 13.6. The van der Waals surface area contributed by atoms with Crippen molar-refractivity contribution in [3.05, 3.63) is 33.8 Å². The van der Waals surface area contributed by atoms with Gasteiger partial charge in [-0.1, -0.05) is 27.6 Å². The van der Waals surface area contributed by atoms with Crippen LogP contribution in [0.1, 0.15) is 35.2 Å². The van der Waals surface area contributed by atoms with E-state index in [1.165, 1.54) is 6.42 Å². The zero-order valence-electron chi connectivity index (χ0n) is 10.5. The van der Waals surface area contributed by atoms with Gasteiger partial charge in [-0.2, -0.15) is 0 Å². The Hall–Kier alpha value is -0.350. The first-order chi connectivity index (χ1) is 8.63. The van der Waals surface area contributed by atoms with Gasteiger partial charge in [0.1, 0.15) is 0 Å². The molecule has 1 amide bonds. The Kier molecular flexibility index (Phi) is 4.84. The fourth-order valence-corrected chi connectivity index (χ4v) is 3.00. The van der Waals surface area contributed by atoms with Crippen LogP contribution in [0, 0.1) is 6.92 Å². The Balaban J connectivity index is 2.23.